The van der Waals surface area contributed by atoms with Crippen molar-refractivity contribution in [1.82, 2.24) is 5.32 Å². The van der Waals surface area contributed by atoms with Gasteiger partial charge in [0.1, 0.15) is 27.8 Å². The second-order valence-electron chi connectivity index (χ2n) is 8.76. The molecule has 0 saturated heterocycles. The molecule has 35 heavy (non-hydrogen) atoms. The highest BCUT2D eigenvalue weighted by Crippen LogP contribution is 2.55. The van der Waals surface area contributed by atoms with Gasteiger partial charge in [-0.2, -0.15) is 11.8 Å². The van der Waals surface area contributed by atoms with Crippen LogP contribution in [0.15, 0.2) is 40.8 Å². The van der Waals surface area contributed by atoms with E-state index < -0.39 is 35.0 Å². The topological polar surface area (TPSA) is 100 Å². The summed E-state index contributed by atoms with van der Waals surface area (Å²) in [6.07, 6.45) is 4.07. The Morgan fingerprint density at radius 3 is 2.57 bits per heavy atom. The van der Waals surface area contributed by atoms with Gasteiger partial charge in [-0.25, -0.2) is 4.79 Å². The number of fused-ring (bicyclic) bond motifs is 1. The van der Waals surface area contributed by atoms with Crippen LogP contribution in [0.4, 0.5) is 0 Å². The molecule has 1 N–H and O–H groups in total. The summed E-state index contributed by atoms with van der Waals surface area (Å²) >= 11 is 8.24. The molecule has 8 nitrogen and oxygen atoms in total. The minimum Gasteiger partial charge on any atom is -0.496 e. The second kappa shape index (κ2) is 8.64. The van der Waals surface area contributed by atoms with Crippen molar-refractivity contribution in [3.8, 4) is 17.2 Å². The van der Waals surface area contributed by atoms with E-state index in [-0.39, 0.29) is 33.5 Å². The molecule has 0 amide bonds. The van der Waals surface area contributed by atoms with Gasteiger partial charge >= 0.3 is 5.97 Å². The summed E-state index contributed by atoms with van der Waals surface area (Å²) in [5.74, 6) is -0.370. The van der Waals surface area contributed by atoms with Crippen LogP contribution in [0.5, 0.6) is 17.2 Å². The van der Waals surface area contributed by atoms with Gasteiger partial charge < -0.3 is 24.3 Å². The van der Waals surface area contributed by atoms with Crippen molar-refractivity contribution < 1.29 is 33.3 Å². The van der Waals surface area contributed by atoms with Crippen molar-refractivity contribution in [1.29, 1.82) is 0 Å². The van der Waals surface area contributed by atoms with E-state index in [1.807, 2.05) is 0 Å². The van der Waals surface area contributed by atoms with Crippen LogP contribution in [0.3, 0.4) is 0 Å². The van der Waals surface area contributed by atoms with E-state index in [0.717, 1.165) is 11.3 Å². The number of Topliss-reactive ketones (excluding diaryl/α,β-unsaturated/α-hetero) is 2. The van der Waals surface area contributed by atoms with Gasteiger partial charge in [-0.15, -0.1) is 0 Å². The number of halogens is 1. The lowest BCUT2D eigenvalue weighted by atomic mass is 9.67. The molecule has 10 heteroatoms. The van der Waals surface area contributed by atoms with Gasteiger partial charge in [0.2, 0.25) is 17.2 Å². The lowest BCUT2D eigenvalue weighted by Crippen LogP contribution is -2.58. The zero-order chi connectivity index (χ0) is 25.1. The van der Waals surface area contributed by atoms with Crippen LogP contribution < -0.4 is 19.5 Å². The Balaban J connectivity index is 1.65. The van der Waals surface area contributed by atoms with E-state index in [1.165, 1.54) is 27.4 Å². The summed E-state index contributed by atoms with van der Waals surface area (Å²) in [5, 5.41) is 3.19. The van der Waals surface area contributed by atoms with Crippen LogP contribution in [0.25, 0.3) is 0 Å². The number of hydrogen-bond donors (Lipinski definition) is 1. The minimum absolute atomic E-state index is 0.0823. The fourth-order valence-electron chi connectivity index (χ4n) is 5.24. The average Bonchev–Trinajstić information content (AvgIpc) is 3.50. The summed E-state index contributed by atoms with van der Waals surface area (Å²) < 4.78 is 21.9. The number of methoxy groups -OCH3 is 3. The first-order chi connectivity index (χ1) is 16.8. The SMILES string of the molecule is COC(=O)C1=C[C@H](C2=CCSC2)C2=C(C[C@@H](C)[C@]3(Oc4c(Cl)c(OC)cc(OC)c4C3=O)C2=O)N1. The zero-order valence-electron chi connectivity index (χ0n) is 19.7. The van der Waals surface area contributed by atoms with Crippen molar-refractivity contribution in [2.24, 2.45) is 11.8 Å². The van der Waals surface area contributed by atoms with Crippen LogP contribution in [-0.2, 0) is 14.3 Å². The van der Waals surface area contributed by atoms with Gasteiger partial charge in [0.15, 0.2) is 5.75 Å². The molecule has 3 aliphatic heterocycles. The Kier molecular flexibility index (Phi) is 5.88. The first kappa shape index (κ1) is 23.8. The molecule has 0 bridgehead atoms. The lowest BCUT2D eigenvalue weighted by Gasteiger charge is -2.41. The van der Waals surface area contributed by atoms with Gasteiger partial charge in [-0.1, -0.05) is 30.2 Å². The average molecular weight is 518 g/mol. The quantitative estimate of drug-likeness (QED) is 0.365. The predicted octanol–water partition coefficient (Wildman–Crippen LogP) is 3.48. The van der Waals surface area contributed by atoms with Gasteiger partial charge in [-0.05, 0) is 12.5 Å². The molecule has 3 heterocycles. The summed E-state index contributed by atoms with van der Waals surface area (Å²) in [6, 6.07) is 1.51. The van der Waals surface area contributed by atoms with E-state index in [4.69, 9.17) is 30.5 Å². The molecule has 3 atom stereocenters. The standard InChI is InChI=1S/C25H24ClNO7S/c1-11-7-14-18(13(12-5-6-35-10-12)8-15(27-14)24(30)33-4)22(28)25(11)23(29)19-16(31-2)9-17(32-3)20(26)21(19)34-25/h5,8-9,11,13,27H,6-7,10H2,1-4H3/t11-,13-,25+/m1/s1. The number of benzene rings is 1. The molecule has 5 rings (SSSR count). The third-order valence-corrected chi connectivity index (χ3v) is 8.29. The van der Waals surface area contributed by atoms with Crippen LogP contribution in [0.2, 0.25) is 5.02 Å². The maximum Gasteiger partial charge on any atom is 0.354 e. The van der Waals surface area contributed by atoms with Gasteiger partial charge in [0, 0.05) is 40.7 Å². The Labute approximate surface area is 211 Å². The van der Waals surface area contributed by atoms with Crippen molar-refractivity contribution >= 4 is 40.9 Å². The Morgan fingerprint density at radius 1 is 1.20 bits per heavy atom. The van der Waals surface area contributed by atoms with Gasteiger partial charge in [0.25, 0.3) is 0 Å². The highest BCUT2D eigenvalue weighted by molar-refractivity contribution is 7.99. The number of thioether (sulfide) groups is 1. The Bertz CT molecular complexity index is 1270. The van der Waals surface area contributed by atoms with E-state index in [1.54, 1.807) is 24.8 Å². The number of esters is 1. The van der Waals surface area contributed by atoms with Crippen molar-refractivity contribution in [3.05, 3.63) is 51.3 Å². The summed E-state index contributed by atoms with van der Waals surface area (Å²) in [4.78, 5) is 40.7. The van der Waals surface area contributed by atoms with E-state index in [2.05, 4.69) is 11.4 Å². The molecule has 0 fully saturated rings. The van der Waals surface area contributed by atoms with E-state index >= 15 is 0 Å². The maximum absolute atomic E-state index is 14.3. The highest BCUT2D eigenvalue weighted by atomic mass is 35.5. The largest absolute Gasteiger partial charge is 0.496 e. The fraction of sp³-hybridized carbons (Fsp3) is 0.400. The molecule has 1 aromatic carbocycles. The summed E-state index contributed by atoms with van der Waals surface area (Å²) in [7, 11) is 4.19. The third-order valence-electron chi connectivity index (χ3n) is 7.00. The number of nitrogens with one attached hydrogen (secondary N) is 1. The summed E-state index contributed by atoms with van der Waals surface area (Å²) in [5.41, 5.74) is 0.636. The molecule has 0 unspecified atom stereocenters. The number of carbonyl (C=O) groups is 3. The smallest absolute Gasteiger partial charge is 0.354 e. The second-order valence-corrected chi connectivity index (χ2v) is 10.2. The maximum atomic E-state index is 14.3. The molecule has 184 valence electrons. The number of allylic oxidation sites excluding steroid dienone is 2. The van der Waals surface area contributed by atoms with Crippen LogP contribution in [-0.4, -0.2) is 56.0 Å². The van der Waals surface area contributed by atoms with E-state index in [9.17, 15) is 14.4 Å². The monoisotopic (exact) mass is 517 g/mol. The molecule has 4 aliphatic rings. The fourth-order valence-corrected chi connectivity index (χ4v) is 6.49. The zero-order valence-corrected chi connectivity index (χ0v) is 21.2. The first-order valence-corrected chi connectivity index (χ1v) is 12.6. The van der Waals surface area contributed by atoms with Crippen molar-refractivity contribution in [2.45, 2.75) is 18.9 Å². The first-order valence-electron chi connectivity index (χ1n) is 11.1. The molecule has 0 saturated carbocycles. The Hall–Kier alpha value is -2.91. The van der Waals surface area contributed by atoms with Crippen molar-refractivity contribution in [2.75, 3.05) is 32.8 Å². The third kappa shape index (κ3) is 3.31. The van der Waals surface area contributed by atoms with Gasteiger partial charge in [-0.3, -0.25) is 9.59 Å². The molecular formula is C25H24ClNO7S. The molecule has 1 aromatic rings. The Morgan fingerprint density at radius 2 is 1.94 bits per heavy atom. The van der Waals surface area contributed by atoms with Crippen LogP contribution in [0.1, 0.15) is 23.7 Å². The minimum atomic E-state index is -1.80. The van der Waals surface area contributed by atoms with Crippen LogP contribution >= 0.6 is 23.4 Å². The molecule has 0 aromatic heterocycles. The molecule has 0 radical (unpaired) electrons. The molecule has 1 aliphatic carbocycles. The number of ketones is 2. The number of dihydropyridines is 1. The van der Waals surface area contributed by atoms with Gasteiger partial charge in [0.05, 0.1) is 21.3 Å². The normalized spacial score (nSPS) is 27.0. The van der Waals surface area contributed by atoms with E-state index in [0.29, 0.717) is 23.4 Å². The molecule has 1 spiro atoms. The predicted molar refractivity (Wildman–Crippen MR) is 130 cm³/mol. The molecular weight excluding hydrogens is 494 g/mol. The highest BCUT2D eigenvalue weighted by Gasteiger charge is 2.63. The summed E-state index contributed by atoms with van der Waals surface area (Å²) in [6.45, 7) is 1.78. The van der Waals surface area contributed by atoms with Crippen molar-refractivity contribution in [3.63, 3.8) is 0 Å². The lowest BCUT2D eigenvalue weighted by molar-refractivity contribution is -0.137. The van der Waals surface area contributed by atoms with Crippen LogP contribution in [0, 0.1) is 11.8 Å². The number of hydrogen-bond acceptors (Lipinski definition) is 9. The number of rotatable bonds is 4. The number of carbonyl (C=O) groups excluding carboxylic acids is 3. The number of ether oxygens (including phenoxy) is 4.